The number of carbonyl (C=O) groups excluding carboxylic acids is 1. The molecule has 4 heteroatoms. The fourth-order valence-electron chi connectivity index (χ4n) is 1.88. The third kappa shape index (κ3) is 6.95. The number of hydrogen-bond donors (Lipinski definition) is 1. The van der Waals surface area contributed by atoms with Crippen LogP contribution in [-0.4, -0.2) is 42.7 Å². The average Bonchev–Trinajstić information content (AvgIpc) is 2.50. The quantitative estimate of drug-likeness (QED) is 0.562. The van der Waals surface area contributed by atoms with E-state index in [0.717, 1.165) is 30.6 Å². The molecule has 0 saturated carbocycles. The third-order valence-corrected chi connectivity index (χ3v) is 3.14. The number of hydrogen-bond acceptors (Lipinski definition) is 3. The van der Waals surface area contributed by atoms with Crippen LogP contribution in [0.2, 0.25) is 0 Å². The number of aliphatic hydroxyl groups is 1. The average molecular weight is 291 g/mol. The molecule has 0 aliphatic rings. The van der Waals surface area contributed by atoms with Crippen LogP contribution in [0.15, 0.2) is 30.3 Å². The fourth-order valence-corrected chi connectivity index (χ4v) is 1.88. The molecular formula is C17H25NO3. The Morgan fingerprint density at radius 2 is 1.95 bits per heavy atom. The smallest absolute Gasteiger partial charge is 0.246 e. The monoisotopic (exact) mass is 291 g/mol. The van der Waals surface area contributed by atoms with Gasteiger partial charge in [0.15, 0.2) is 0 Å². The Morgan fingerprint density at radius 1 is 1.24 bits per heavy atom. The van der Waals surface area contributed by atoms with Crippen molar-refractivity contribution in [1.82, 2.24) is 4.90 Å². The molecular weight excluding hydrogens is 266 g/mol. The van der Waals surface area contributed by atoms with Gasteiger partial charge in [-0.15, -0.1) is 0 Å². The minimum absolute atomic E-state index is 0.00659. The summed E-state index contributed by atoms with van der Waals surface area (Å²) in [5.74, 6) is 0.829. The Morgan fingerprint density at radius 3 is 2.57 bits per heavy atom. The van der Waals surface area contributed by atoms with Crippen LogP contribution in [0.25, 0.3) is 6.08 Å². The van der Waals surface area contributed by atoms with Crippen LogP contribution >= 0.6 is 0 Å². The number of likely N-dealkylation sites (N-methyl/N-ethyl adjacent to an activating group) is 1. The van der Waals surface area contributed by atoms with Crippen molar-refractivity contribution in [2.24, 2.45) is 0 Å². The first-order chi connectivity index (χ1) is 10.2. The number of ether oxygens (including phenoxy) is 1. The van der Waals surface area contributed by atoms with Crippen molar-refractivity contribution in [3.8, 4) is 5.75 Å². The van der Waals surface area contributed by atoms with Crippen LogP contribution in [-0.2, 0) is 4.79 Å². The van der Waals surface area contributed by atoms with Crippen molar-refractivity contribution in [2.75, 3.05) is 26.8 Å². The predicted molar refractivity (Wildman–Crippen MR) is 85.2 cm³/mol. The molecule has 21 heavy (non-hydrogen) atoms. The van der Waals surface area contributed by atoms with Gasteiger partial charge in [-0.25, -0.2) is 0 Å². The maximum atomic E-state index is 11.9. The van der Waals surface area contributed by atoms with Crippen molar-refractivity contribution in [3.05, 3.63) is 35.9 Å². The molecule has 1 amide bonds. The number of benzene rings is 1. The first kappa shape index (κ1) is 17.2. The molecule has 0 spiro atoms. The lowest BCUT2D eigenvalue weighted by Crippen LogP contribution is -2.25. The van der Waals surface area contributed by atoms with Crippen molar-refractivity contribution < 1.29 is 14.6 Å². The maximum absolute atomic E-state index is 11.9. The summed E-state index contributed by atoms with van der Waals surface area (Å²) < 4.78 is 5.37. The molecule has 0 aliphatic carbocycles. The lowest BCUT2D eigenvalue weighted by molar-refractivity contribution is -0.124. The SMILES string of the molecule is CCOc1ccc(/C=C/C(=O)N(C)CCCCCO)cc1. The molecule has 1 N–H and O–H groups in total. The van der Waals surface area contributed by atoms with E-state index in [1.165, 1.54) is 0 Å². The molecule has 0 radical (unpaired) electrons. The highest BCUT2D eigenvalue weighted by Crippen LogP contribution is 2.13. The van der Waals surface area contributed by atoms with Crippen LogP contribution in [0.4, 0.5) is 0 Å². The topological polar surface area (TPSA) is 49.8 Å². The molecule has 0 saturated heterocycles. The van der Waals surface area contributed by atoms with E-state index < -0.39 is 0 Å². The van der Waals surface area contributed by atoms with Gasteiger partial charge in [0.1, 0.15) is 5.75 Å². The number of unbranched alkanes of at least 4 members (excludes halogenated alkanes) is 2. The predicted octanol–water partition coefficient (Wildman–Crippen LogP) is 2.72. The lowest BCUT2D eigenvalue weighted by atomic mass is 10.2. The highest BCUT2D eigenvalue weighted by molar-refractivity contribution is 5.91. The van der Waals surface area contributed by atoms with E-state index in [4.69, 9.17) is 9.84 Å². The first-order valence-electron chi connectivity index (χ1n) is 7.44. The fraction of sp³-hybridized carbons (Fsp3) is 0.471. The van der Waals surface area contributed by atoms with Crippen LogP contribution in [0.1, 0.15) is 31.7 Å². The number of carbonyl (C=O) groups is 1. The van der Waals surface area contributed by atoms with Crippen molar-refractivity contribution in [3.63, 3.8) is 0 Å². The molecule has 0 aliphatic heterocycles. The van der Waals surface area contributed by atoms with Gasteiger partial charge in [0.25, 0.3) is 0 Å². The summed E-state index contributed by atoms with van der Waals surface area (Å²) in [4.78, 5) is 13.6. The van der Waals surface area contributed by atoms with E-state index in [2.05, 4.69) is 0 Å². The Balaban J connectivity index is 2.41. The molecule has 0 heterocycles. The third-order valence-electron chi connectivity index (χ3n) is 3.14. The summed E-state index contributed by atoms with van der Waals surface area (Å²) in [6.07, 6.45) is 6.05. The van der Waals surface area contributed by atoms with Gasteiger partial charge in [-0.2, -0.15) is 0 Å². The molecule has 0 atom stereocenters. The van der Waals surface area contributed by atoms with E-state index in [9.17, 15) is 4.79 Å². The largest absolute Gasteiger partial charge is 0.494 e. The molecule has 1 aromatic rings. The van der Waals surface area contributed by atoms with Crippen LogP contribution < -0.4 is 4.74 Å². The van der Waals surface area contributed by atoms with Gasteiger partial charge in [-0.1, -0.05) is 12.1 Å². The zero-order chi connectivity index (χ0) is 15.5. The molecule has 4 nitrogen and oxygen atoms in total. The molecule has 1 aromatic carbocycles. The molecule has 1 rings (SSSR count). The number of rotatable bonds is 9. The summed E-state index contributed by atoms with van der Waals surface area (Å²) in [7, 11) is 1.80. The van der Waals surface area contributed by atoms with Gasteiger partial charge in [-0.05, 0) is 50.0 Å². The Labute approximate surface area is 127 Å². The van der Waals surface area contributed by atoms with E-state index in [0.29, 0.717) is 13.2 Å². The van der Waals surface area contributed by atoms with E-state index in [1.54, 1.807) is 18.0 Å². The highest BCUT2D eigenvalue weighted by atomic mass is 16.5. The summed E-state index contributed by atoms with van der Waals surface area (Å²) in [6, 6.07) is 7.64. The lowest BCUT2D eigenvalue weighted by Gasteiger charge is -2.14. The zero-order valence-corrected chi connectivity index (χ0v) is 12.9. The van der Waals surface area contributed by atoms with Crippen molar-refractivity contribution >= 4 is 12.0 Å². The van der Waals surface area contributed by atoms with Crippen LogP contribution in [0.3, 0.4) is 0 Å². The molecule has 0 fully saturated rings. The van der Waals surface area contributed by atoms with Gasteiger partial charge in [0.2, 0.25) is 5.91 Å². The minimum Gasteiger partial charge on any atom is -0.494 e. The van der Waals surface area contributed by atoms with Gasteiger partial charge < -0.3 is 14.7 Å². The zero-order valence-electron chi connectivity index (χ0n) is 12.9. The summed E-state index contributed by atoms with van der Waals surface area (Å²) in [6.45, 7) is 3.53. The van der Waals surface area contributed by atoms with Gasteiger partial charge >= 0.3 is 0 Å². The number of amides is 1. The molecule has 0 unspecified atom stereocenters. The summed E-state index contributed by atoms with van der Waals surface area (Å²) in [5.41, 5.74) is 0.973. The molecule has 0 bridgehead atoms. The second-order valence-electron chi connectivity index (χ2n) is 4.88. The van der Waals surface area contributed by atoms with E-state index >= 15 is 0 Å². The minimum atomic E-state index is -0.00659. The van der Waals surface area contributed by atoms with Gasteiger partial charge in [-0.3, -0.25) is 4.79 Å². The molecule has 116 valence electrons. The second-order valence-corrected chi connectivity index (χ2v) is 4.88. The van der Waals surface area contributed by atoms with Gasteiger partial charge in [0, 0.05) is 26.3 Å². The van der Waals surface area contributed by atoms with E-state index in [-0.39, 0.29) is 12.5 Å². The Hall–Kier alpha value is -1.81. The number of aliphatic hydroxyl groups excluding tert-OH is 1. The van der Waals surface area contributed by atoms with Crippen LogP contribution in [0.5, 0.6) is 5.75 Å². The van der Waals surface area contributed by atoms with Gasteiger partial charge in [0.05, 0.1) is 6.61 Å². The summed E-state index contributed by atoms with van der Waals surface area (Å²) in [5, 5.41) is 8.70. The first-order valence-corrected chi connectivity index (χ1v) is 7.44. The standard InChI is InChI=1S/C17H25NO3/c1-3-21-16-10-7-15(8-11-16)9-12-17(20)18(2)13-5-4-6-14-19/h7-12,19H,3-6,13-14H2,1-2H3/b12-9+. The Bertz CT molecular complexity index is 440. The summed E-state index contributed by atoms with van der Waals surface area (Å²) >= 11 is 0. The highest BCUT2D eigenvalue weighted by Gasteiger charge is 2.03. The Kier molecular flexibility index (Phi) is 8.21. The van der Waals surface area contributed by atoms with Crippen molar-refractivity contribution in [2.45, 2.75) is 26.2 Å². The van der Waals surface area contributed by atoms with Crippen LogP contribution in [0, 0.1) is 0 Å². The van der Waals surface area contributed by atoms with Crippen molar-refractivity contribution in [1.29, 1.82) is 0 Å². The second kappa shape index (κ2) is 10.00. The maximum Gasteiger partial charge on any atom is 0.246 e. The molecule has 0 aromatic heterocycles. The number of nitrogens with zero attached hydrogens (tertiary/aromatic N) is 1. The van der Waals surface area contributed by atoms with E-state index in [1.807, 2.05) is 37.3 Å². The normalized spacial score (nSPS) is 10.8.